The Kier molecular flexibility index (Phi) is 4.10. The van der Waals surface area contributed by atoms with Gasteiger partial charge in [-0.05, 0) is 24.3 Å². The van der Waals surface area contributed by atoms with E-state index < -0.39 is 11.7 Å². The van der Waals surface area contributed by atoms with E-state index in [4.69, 9.17) is 0 Å². The third kappa shape index (κ3) is 3.88. The van der Waals surface area contributed by atoms with Crippen LogP contribution < -0.4 is 0 Å². The number of thiol groups is 1. The Bertz CT molecular complexity index is 368. The first-order valence-electron chi connectivity index (χ1n) is 4.31. The minimum atomic E-state index is -4.28. The van der Waals surface area contributed by atoms with Crippen LogP contribution in [0.25, 0.3) is 0 Å². The summed E-state index contributed by atoms with van der Waals surface area (Å²) < 4.78 is 36.5. The van der Waals surface area contributed by atoms with E-state index in [1.54, 1.807) is 0 Å². The van der Waals surface area contributed by atoms with Crippen molar-refractivity contribution in [2.75, 3.05) is 5.75 Å². The van der Waals surface area contributed by atoms with Crippen LogP contribution >= 0.6 is 12.6 Å². The van der Waals surface area contributed by atoms with Crippen LogP contribution in [0.3, 0.4) is 0 Å². The molecule has 0 aliphatic heterocycles. The molecule has 0 bridgehead atoms. The van der Waals surface area contributed by atoms with Gasteiger partial charge < -0.3 is 0 Å². The summed E-state index contributed by atoms with van der Waals surface area (Å²) in [5, 5.41) is 0. The van der Waals surface area contributed by atoms with Crippen molar-refractivity contribution >= 4 is 12.6 Å². The number of hydrogen-bond donors (Lipinski definition) is 1. The summed E-state index contributed by atoms with van der Waals surface area (Å²) >= 11 is 3.97. The molecule has 0 atom stereocenters. The predicted molar refractivity (Wildman–Crippen MR) is 56.8 cm³/mol. The quantitative estimate of drug-likeness (QED) is 0.555. The second-order valence-electron chi connectivity index (χ2n) is 2.85. The molecular formula is C11H9F3S. The van der Waals surface area contributed by atoms with Crippen LogP contribution in [0.15, 0.2) is 24.3 Å². The molecule has 1 rings (SSSR count). The van der Waals surface area contributed by atoms with E-state index in [-0.39, 0.29) is 0 Å². The van der Waals surface area contributed by atoms with Gasteiger partial charge in [0, 0.05) is 17.7 Å². The summed E-state index contributed by atoms with van der Waals surface area (Å²) in [7, 11) is 0. The van der Waals surface area contributed by atoms with Crippen LogP contribution in [0.2, 0.25) is 0 Å². The smallest absolute Gasteiger partial charge is 0.178 e. The van der Waals surface area contributed by atoms with Gasteiger partial charge >= 0.3 is 6.18 Å². The molecule has 0 saturated heterocycles. The van der Waals surface area contributed by atoms with Gasteiger partial charge in [0.25, 0.3) is 0 Å². The zero-order chi connectivity index (χ0) is 11.3. The molecule has 0 spiro atoms. The Morgan fingerprint density at radius 2 is 1.73 bits per heavy atom. The summed E-state index contributed by atoms with van der Waals surface area (Å²) in [5.41, 5.74) is -0.0629. The highest BCUT2D eigenvalue weighted by atomic mass is 32.1. The van der Waals surface area contributed by atoms with Crippen molar-refractivity contribution in [1.82, 2.24) is 0 Å². The van der Waals surface area contributed by atoms with E-state index in [2.05, 4.69) is 24.5 Å². The molecule has 0 radical (unpaired) electrons. The number of benzene rings is 1. The summed E-state index contributed by atoms with van der Waals surface area (Å²) in [4.78, 5) is 0. The molecule has 4 heteroatoms. The molecule has 0 nitrogen and oxygen atoms in total. The largest absolute Gasteiger partial charge is 0.416 e. The minimum absolute atomic E-state index is 0.588. The summed E-state index contributed by atoms with van der Waals surface area (Å²) in [6.07, 6.45) is -3.65. The molecule has 0 N–H and O–H groups in total. The zero-order valence-electron chi connectivity index (χ0n) is 7.80. The third-order valence-corrected chi connectivity index (χ3v) is 1.91. The summed E-state index contributed by atoms with van der Waals surface area (Å²) in [6, 6.07) is 4.80. The van der Waals surface area contributed by atoms with Crippen molar-refractivity contribution in [2.45, 2.75) is 12.6 Å². The van der Waals surface area contributed by atoms with Gasteiger partial charge in [-0.3, -0.25) is 0 Å². The molecular weight excluding hydrogens is 221 g/mol. The second kappa shape index (κ2) is 5.13. The van der Waals surface area contributed by atoms with Gasteiger partial charge in [0.2, 0.25) is 0 Å². The van der Waals surface area contributed by atoms with Crippen molar-refractivity contribution < 1.29 is 13.2 Å². The molecule has 1 aromatic carbocycles. The minimum Gasteiger partial charge on any atom is -0.178 e. The highest BCUT2D eigenvalue weighted by Crippen LogP contribution is 2.28. The molecule has 0 saturated carbocycles. The van der Waals surface area contributed by atoms with Crippen LogP contribution in [0, 0.1) is 11.8 Å². The molecule has 0 aromatic heterocycles. The molecule has 0 fully saturated rings. The molecule has 80 valence electrons. The van der Waals surface area contributed by atoms with E-state index in [0.29, 0.717) is 17.7 Å². The molecule has 0 heterocycles. The van der Waals surface area contributed by atoms with Gasteiger partial charge in [-0.1, -0.05) is 11.8 Å². The van der Waals surface area contributed by atoms with Crippen LogP contribution in [0.5, 0.6) is 0 Å². The van der Waals surface area contributed by atoms with Gasteiger partial charge in [-0.25, -0.2) is 0 Å². The number of halogens is 3. The van der Waals surface area contributed by atoms with E-state index in [9.17, 15) is 13.2 Å². The number of hydrogen-bond acceptors (Lipinski definition) is 1. The lowest BCUT2D eigenvalue weighted by molar-refractivity contribution is -0.137. The average Bonchev–Trinajstić information content (AvgIpc) is 2.18. The first-order valence-corrected chi connectivity index (χ1v) is 4.94. The van der Waals surface area contributed by atoms with Crippen LogP contribution in [-0.2, 0) is 6.18 Å². The first-order chi connectivity index (χ1) is 7.04. The lowest BCUT2D eigenvalue weighted by atomic mass is 10.1. The lowest BCUT2D eigenvalue weighted by Crippen LogP contribution is -2.04. The van der Waals surface area contributed by atoms with Crippen LogP contribution in [0.1, 0.15) is 17.5 Å². The normalized spacial score (nSPS) is 10.7. The van der Waals surface area contributed by atoms with Crippen LogP contribution in [0.4, 0.5) is 13.2 Å². The molecule has 0 aliphatic rings. The van der Waals surface area contributed by atoms with Gasteiger partial charge in [0.15, 0.2) is 0 Å². The third-order valence-electron chi connectivity index (χ3n) is 1.68. The maximum Gasteiger partial charge on any atom is 0.416 e. The monoisotopic (exact) mass is 230 g/mol. The topological polar surface area (TPSA) is 0 Å². The molecule has 0 amide bonds. The highest BCUT2D eigenvalue weighted by Gasteiger charge is 2.29. The van der Waals surface area contributed by atoms with Crippen LogP contribution in [-0.4, -0.2) is 5.75 Å². The Morgan fingerprint density at radius 1 is 1.13 bits per heavy atom. The fourth-order valence-electron chi connectivity index (χ4n) is 0.963. The maximum atomic E-state index is 12.2. The average molecular weight is 230 g/mol. The van der Waals surface area contributed by atoms with Crippen molar-refractivity contribution in [3.05, 3.63) is 35.4 Å². The van der Waals surface area contributed by atoms with E-state index >= 15 is 0 Å². The van der Waals surface area contributed by atoms with Crippen molar-refractivity contribution in [3.8, 4) is 11.8 Å². The van der Waals surface area contributed by atoms with Gasteiger partial charge in [-0.15, -0.1) is 0 Å². The summed E-state index contributed by atoms with van der Waals surface area (Å²) in [5.74, 6) is 6.21. The Labute approximate surface area is 91.9 Å². The van der Waals surface area contributed by atoms with E-state index in [0.717, 1.165) is 12.1 Å². The fraction of sp³-hybridized carbons (Fsp3) is 0.273. The second-order valence-corrected chi connectivity index (χ2v) is 3.30. The van der Waals surface area contributed by atoms with E-state index in [1.165, 1.54) is 12.1 Å². The number of alkyl halides is 3. The number of rotatable bonds is 1. The maximum absolute atomic E-state index is 12.2. The predicted octanol–water partition coefficient (Wildman–Crippen LogP) is 3.38. The van der Waals surface area contributed by atoms with Crippen molar-refractivity contribution in [3.63, 3.8) is 0 Å². The Morgan fingerprint density at radius 3 is 2.20 bits per heavy atom. The van der Waals surface area contributed by atoms with Crippen molar-refractivity contribution in [1.29, 1.82) is 0 Å². The van der Waals surface area contributed by atoms with E-state index in [1.807, 2.05) is 0 Å². The standard InChI is InChI=1S/C11H9F3S/c12-11(13,14)10-6-4-9(5-7-10)3-1-2-8-15/h4-7,15H,2,8H2. The van der Waals surface area contributed by atoms with Crippen molar-refractivity contribution in [2.24, 2.45) is 0 Å². The lowest BCUT2D eigenvalue weighted by Gasteiger charge is -2.05. The molecule has 15 heavy (non-hydrogen) atoms. The summed E-state index contributed by atoms with van der Waals surface area (Å²) in [6.45, 7) is 0. The first kappa shape index (κ1) is 12.0. The zero-order valence-corrected chi connectivity index (χ0v) is 8.70. The molecule has 1 aromatic rings. The Hall–Kier alpha value is -1.08. The van der Waals surface area contributed by atoms with Gasteiger partial charge in [0.05, 0.1) is 5.56 Å². The van der Waals surface area contributed by atoms with Gasteiger partial charge in [-0.2, -0.15) is 25.8 Å². The fourth-order valence-corrected chi connectivity index (χ4v) is 1.07. The SMILES string of the molecule is FC(F)(F)c1ccc(C#CCCS)cc1. The molecule has 0 unspecified atom stereocenters. The van der Waals surface area contributed by atoms with Gasteiger partial charge in [0.1, 0.15) is 0 Å². The highest BCUT2D eigenvalue weighted by molar-refractivity contribution is 7.80. The molecule has 0 aliphatic carbocycles. The Balaban J connectivity index is 2.79.